The number of carbonyl (C=O) groups is 1. The Balaban J connectivity index is 2.76. The quantitative estimate of drug-likeness (QED) is 0.888. The van der Waals surface area contributed by atoms with E-state index in [0.29, 0.717) is 0 Å². The Bertz CT molecular complexity index is 314. The van der Waals surface area contributed by atoms with Crippen LogP contribution in [0.25, 0.3) is 0 Å². The number of aliphatic carboxylic acids is 1. The fraction of sp³-hybridized carbons (Fsp3) is 0.333. The molecule has 0 aliphatic heterocycles. The van der Waals surface area contributed by atoms with Crippen LogP contribution in [0.1, 0.15) is 24.8 Å². The molecular weight excluding hydrogens is 234 g/mol. The van der Waals surface area contributed by atoms with E-state index in [2.05, 4.69) is 20.9 Å². The molecule has 1 heterocycles. The molecule has 1 aromatic rings. The molecule has 0 bridgehead atoms. The van der Waals surface area contributed by atoms with E-state index in [0.717, 1.165) is 10.0 Å². The lowest BCUT2D eigenvalue weighted by molar-refractivity contribution is -0.137. The first kappa shape index (κ1) is 10.2. The van der Waals surface area contributed by atoms with Crippen LogP contribution in [0.2, 0.25) is 0 Å². The highest BCUT2D eigenvalue weighted by Gasteiger charge is 2.10. The van der Waals surface area contributed by atoms with Crippen molar-refractivity contribution in [3.63, 3.8) is 0 Å². The van der Waals surface area contributed by atoms with Gasteiger partial charge in [-0.25, -0.2) is 0 Å². The number of nitrogens with zero attached hydrogens (tertiary/aromatic N) is 1. The van der Waals surface area contributed by atoms with Gasteiger partial charge < -0.3 is 5.11 Å². The third kappa shape index (κ3) is 3.14. The molecule has 1 atom stereocenters. The van der Waals surface area contributed by atoms with E-state index in [-0.39, 0.29) is 12.3 Å². The van der Waals surface area contributed by atoms with E-state index < -0.39 is 5.97 Å². The Morgan fingerprint density at radius 1 is 1.69 bits per heavy atom. The number of hydrogen-bond donors (Lipinski definition) is 1. The molecule has 0 aliphatic rings. The summed E-state index contributed by atoms with van der Waals surface area (Å²) < 4.78 is 0.877. The maximum Gasteiger partial charge on any atom is 0.303 e. The molecule has 0 spiro atoms. The molecule has 1 unspecified atom stereocenters. The van der Waals surface area contributed by atoms with Gasteiger partial charge in [0.05, 0.1) is 6.42 Å². The number of aromatic nitrogens is 1. The van der Waals surface area contributed by atoms with Crippen LogP contribution in [-0.4, -0.2) is 16.1 Å². The minimum atomic E-state index is -0.785. The first-order valence-corrected chi connectivity index (χ1v) is 4.71. The van der Waals surface area contributed by atoms with Gasteiger partial charge in [-0.3, -0.25) is 9.78 Å². The first-order valence-electron chi connectivity index (χ1n) is 3.92. The number of pyridine rings is 1. The smallest absolute Gasteiger partial charge is 0.303 e. The van der Waals surface area contributed by atoms with Crippen molar-refractivity contribution in [1.82, 2.24) is 4.98 Å². The summed E-state index contributed by atoms with van der Waals surface area (Å²) in [7, 11) is 0. The summed E-state index contributed by atoms with van der Waals surface area (Å²) >= 11 is 3.29. The molecule has 4 heteroatoms. The van der Waals surface area contributed by atoms with Crippen LogP contribution < -0.4 is 0 Å². The summed E-state index contributed by atoms with van der Waals surface area (Å²) in [4.78, 5) is 14.4. The summed E-state index contributed by atoms with van der Waals surface area (Å²) in [5.41, 5.74) is 0.941. The predicted octanol–water partition coefficient (Wildman–Crippen LogP) is 2.42. The number of hydrogen-bond acceptors (Lipinski definition) is 2. The molecule has 0 saturated carbocycles. The molecule has 0 saturated heterocycles. The molecule has 1 aromatic heterocycles. The molecule has 1 N–H and O–H groups in total. The van der Waals surface area contributed by atoms with E-state index in [1.54, 1.807) is 12.4 Å². The van der Waals surface area contributed by atoms with Crippen molar-refractivity contribution < 1.29 is 9.90 Å². The SMILES string of the molecule is CC(CC(=O)O)c1cncc(Br)c1. The Morgan fingerprint density at radius 2 is 2.38 bits per heavy atom. The standard InChI is InChI=1S/C9H10BrNO2/c1-6(2-9(12)13)7-3-8(10)5-11-4-7/h3-6H,2H2,1H3,(H,12,13). The minimum Gasteiger partial charge on any atom is -0.481 e. The first-order chi connectivity index (χ1) is 6.09. The Kier molecular flexibility index (Phi) is 3.42. The highest BCUT2D eigenvalue weighted by molar-refractivity contribution is 9.10. The fourth-order valence-corrected chi connectivity index (χ4v) is 1.46. The summed E-state index contributed by atoms with van der Waals surface area (Å²) in [6.07, 6.45) is 3.51. The van der Waals surface area contributed by atoms with Crippen molar-refractivity contribution in [3.05, 3.63) is 28.5 Å². The Labute approximate surface area is 84.9 Å². The van der Waals surface area contributed by atoms with Crippen LogP contribution in [0.15, 0.2) is 22.9 Å². The lowest BCUT2D eigenvalue weighted by atomic mass is 10.00. The van der Waals surface area contributed by atoms with Gasteiger partial charge in [0, 0.05) is 16.9 Å². The van der Waals surface area contributed by atoms with E-state index in [1.165, 1.54) is 0 Å². The third-order valence-corrected chi connectivity index (χ3v) is 2.21. The topological polar surface area (TPSA) is 50.2 Å². The Morgan fingerprint density at radius 3 is 2.92 bits per heavy atom. The van der Waals surface area contributed by atoms with Crippen LogP contribution in [0.3, 0.4) is 0 Å². The molecule has 1 rings (SSSR count). The van der Waals surface area contributed by atoms with Crippen molar-refractivity contribution in [2.75, 3.05) is 0 Å². The summed E-state index contributed by atoms with van der Waals surface area (Å²) in [5.74, 6) is -0.782. The molecule has 0 aromatic carbocycles. The van der Waals surface area contributed by atoms with Crippen molar-refractivity contribution >= 4 is 21.9 Å². The molecule has 13 heavy (non-hydrogen) atoms. The lowest BCUT2D eigenvalue weighted by Gasteiger charge is -2.07. The maximum absolute atomic E-state index is 10.4. The average molecular weight is 244 g/mol. The van der Waals surface area contributed by atoms with Gasteiger partial charge in [0.2, 0.25) is 0 Å². The lowest BCUT2D eigenvalue weighted by Crippen LogP contribution is -2.03. The number of carboxylic acid groups (broad SMARTS) is 1. The van der Waals surface area contributed by atoms with Crippen LogP contribution in [-0.2, 0) is 4.79 Å². The van der Waals surface area contributed by atoms with Gasteiger partial charge in [0.25, 0.3) is 0 Å². The van der Waals surface area contributed by atoms with Gasteiger partial charge in [0.1, 0.15) is 0 Å². The molecule has 70 valence electrons. The van der Waals surface area contributed by atoms with Gasteiger partial charge in [0.15, 0.2) is 0 Å². The second kappa shape index (κ2) is 4.37. The monoisotopic (exact) mass is 243 g/mol. The van der Waals surface area contributed by atoms with Gasteiger partial charge in [-0.15, -0.1) is 0 Å². The summed E-state index contributed by atoms with van der Waals surface area (Å²) in [5, 5.41) is 8.58. The van der Waals surface area contributed by atoms with Gasteiger partial charge >= 0.3 is 5.97 Å². The van der Waals surface area contributed by atoms with Crippen LogP contribution in [0.4, 0.5) is 0 Å². The van der Waals surface area contributed by atoms with Crippen LogP contribution >= 0.6 is 15.9 Å². The zero-order valence-corrected chi connectivity index (χ0v) is 8.78. The van der Waals surface area contributed by atoms with Gasteiger partial charge in [-0.2, -0.15) is 0 Å². The second-order valence-electron chi connectivity index (χ2n) is 2.94. The largest absolute Gasteiger partial charge is 0.481 e. The summed E-state index contributed by atoms with van der Waals surface area (Å²) in [6, 6.07) is 1.89. The van der Waals surface area contributed by atoms with Crippen molar-refractivity contribution in [2.24, 2.45) is 0 Å². The second-order valence-corrected chi connectivity index (χ2v) is 3.85. The van der Waals surface area contributed by atoms with E-state index in [9.17, 15) is 4.79 Å². The zero-order valence-electron chi connectivity index (χ0n) is 7.20. The molecule has 0 radical (unpaired) electrons. The van der Waals surface area contributed by atoms with Crippen molar-refractivity contribution in [3.8, 4) is 0 Å². The number of rotatable bonds is 3. The highest BCUT2D eigenvalue weighted by Crippen LogP contribution is 2.20. The molecule has 0 fully saturated rings. The van der Waals surface area contributed by atoms with Crippen LogP contribution in [0.5, 0.6) is 0 Å². The number of halogens is 1. The fourth-order valence-electron chi connectivity index (χ4n) is 1.08. The van der Waals surface area contributed by atoms with Crippen molar-refractivity contribution in [2.45, 2.75) is 19.3 Å². The van der Waals surface area contributed by atoms with Crippen molar-refractivity contribution in [1.29, 1.82) is 0 Å². The normalized spacial score (nSPS) is 12.5. The number of carboxylic acids is 1. The third-order valence-electron chi connectivity index (χ3n) is 1.78. The molecule has 0 amide bonds. The van der Waals surface area contributed by atoms with Gasteiger partial charge in [-0.05, 0) is 33.5 Å². The average Bonchev–Trinajstić information content (AvgIpc) is 2.03. The maximum atomic E-state index is 10.4. The van der Waals surface area contributed by atoms with Crippen LogP contribution in [0, 0.1) is 0 Å². The van der Waals surface area contributed by atoms with E-state index >= 15 is 0 Å². The summed E-state index contributed by atoms with van der Waals surface area (Å²) in [6.45, 7) is 1.87. The van der Waals surface area contributed by atoms with E-state index in [4.69, 9.17) is 5.11 Å². The predicted molar refractivity (Wildman–Crippen MR) is 52.6 cm³/mol. The highest BCUT2D eigenvalue weighted by atomic mass is 79.9. The molecule has 3 nitrogen and oxygen atoms in total. The molecule has 0 aliphatic carbocycles. The van der Waals surface area contributed by atoms with E-state index in [1.807, 2.05) is 13.0 Å². The van der Waals surface area contributed by atoms with Gasteiger partial charge in [-0.1, -0.05) is 6.92 Å². The minimum absolute atomic E-state index is 0.00231. The Hall–Kier alpha value is -0.900. The molecular formula is C9H10BrNO2. The zero-order chi connectivity index (χ0) is 9.84.